The third kappa shape index (κ3) is 3.35. The Hall–Kier alpha value is -1.34. The van der Waals surface area contributed by atoms with E-state index in [2.05, 4.69) is 10.3 Å². The number of pyridine rings is 1. The summed E-state index contributed by atoms with van der Waals surface area (Å²) in [5, 5.41) is 13.5. The molecule has 0 radical (unpaired) electrons. The zero-order chi connectivity index (χ0) is 12.1. The first-order valence-corrected chi connectivity index (χ1v) is 5.54. The summed E-state index contributed by atoms with van der Waals surface area (Å²) in [6.07, 6.45) is 1.31. The number of aromatic nitrogens is 1. The minimum atomic E-state index is -0.578. The van der Waals surface area contributed by atoms with Gasteiger partial charge in [0.1, 0.15) is 0 Å². The number of hydrogen-bond acceptors (Lipinski definition) is 5. The molecular weight excluding hydrogens is 254 g/mol. The van der Waals surface area contributed by atoms with Crippen LogP contribution < -0.4 is 5.32 Å². The molecule has 0 saturated heterocycles. The van der Waals surface area contributed by atoms with Gasteiger partial charge < -0.3 is 5.32 Å². The van der Waals surface area contributed by atoms with E-state index in [1.807, 2.05) is 0 Å². The van der Waals surface area contributed by atoms with Crippen molar-refractivity contribution in [3.63, 3.8) is 0 Å². The maximum atomic E-state index is 11.0. The van der Waals surface area contributed by atoms with Crippen LogP contribution in [0.5, 0.6) is 0 Å². The molecule has 6 nitrogen and oxygen atoms in total. The summed E-state index contributed by atoms with van der Waals surface area (Å²) in [6, 6.07) is 1.21. The molecule has 1 heterocycles. The van der Waals surface area contributed by atoms with Crippen molar-refractivity contribution in [2.45, 2.75) is 5.03 Å². The Bertz CT molecular complexity index is 427. The smallest absolute Gasteiger partial charge is 0.302 e. The lowest BCUT2D eigenvalue weighted by molar-refractivity contribution is -0.388. The monoisotopic (exact) mass is 261 g/mol. The van der Waals surface area contributed by atoms with Gasteiger partial charge in [-0.15, -0.1) is 0 Å². The SMILES string of the molecule is CNC(=O)CSc1ncc(Cl)cc1[N+](=O)[O-]. The molecule has 1 rings (SSSR count). The van der Waals surface area contributed by atoms with Crippen LogP contribution in [0.4, 0.5) is 5.69 Å². The lowest BCUT2D eigenvalue weighted by Crippen LogP contribution is -2.19. The Labute approximate surface area is 101 Å². The number of carbonyl (C=O) groups excluding carboxylic acids is 1. The fraction of sp³-hybridized carbons (Fsp3) is 0.250. The molecule has 1 N–H and O–H groups in total. The van der Waals surface area contributed by atoms with Gasteiger partial charge >= 0.3 is 5.69 Å². The number of amides is 1. The van der Waals surface area contributed by atoms with E-state index in [0.717, 1.165) is 11.8 Å². The summed E-state index contributed by atoms with van der Waals surface area (Å²) < 4.78 is 0. The standard InChI is InChI=1S/C8H8ClN3O3S/c1-10-7(13)4-16-8-6(12(14)15)2-5(9)3-11-8/h2-3H,4H2,1H3,(H,10,13). The number of halogens is 1. The fourth-order valence-electron chi connectivity index (χ4n) is 0.864. The van der Waals surface area contributed by atoms with E-state index in [1.54, 1.807) is 0 Å². The topological polar surface area (TPSA) is 85.1 Å². The third-order valence-corrected chi connectivity index (χ3v) is 2.82. The van der Waals surface area contributed by atoms with Crippen molar-refractivity contribution in [3.8, 4) is 0 Å². The lowest BCUT2D eigenvalue weighted by atomic mass is 10.4. The fourth-order valence-corrected chi connectivity index (χ4v) is 1.84. The molecule has 0 spiro atoms. The summed E-state index contributed by atoms with van der Waals surface area (Å²) >= 11 is 6.59. The van der Waals surface area contributed by atoms with Crippen molar-refractivity contribution in [1.82, 2.24) is 10.3 Å². The number of carbonyl (C=O) groups is 1. The van der Waals surface area contributed by atoms with E-state index in [9.17, 15) is 14.9 Å². The van der Waals surface area contributed by atoms with Crippen LogP contribution in [-0.4, -0.2) is 28.6 Å². The first kappa shape index (κ1) is 12.7. The number of nitrogens with one attached hydrogen (secondary N) is 1. The second kappa shape index (κ2) is 5.66. The Morgan fingerprint density at radius 2 is 2.44 bits per heavy atom. The molecule has 0 aromatic carbocycles. The maximum absolute atomic E-state index is 11.0. The molecule has 1 aromatic heterocycles. The van der Waals surface area contributed by atoms with Crippen LogP contribution in [0.15, 0.2) is 17.3 Å². The van der Waals surface area contributed by atoms with Crippen molar-refractivity contribution >= 4 is 35.0 Å². The average molecular weight is 262 g/mol. The van der Waals surface area contributed by atoms with Gasteiger partial charge in [0.25, 0.3) is 0 Å². The minimum Gasteiger partial charge on any atom is -0.358 e. The molecule has 1 amide bonds. The van der Waals surface area contributed by atoms with Crippen LogP contribution in [0.2, 0.25) is 5.02 Å². The highest BCUT2D eigenvalue weighted by Crippen LogP contribution is 2.28. The molecule has 0 bridgehead atoms. The van der Waals surface area contributed by atoms with Crippen LogP contribution in [0.25, 0.3) is 0 Å². The van der Waals surface area contributed by atoms with Crippen LogP contribution in [0.1, 0.15) is 0 Å². The molecular formula is C8H8ClN3O3S. The number of nitro groups is 1. The van der Waals surface area contributed by atoms with Crippen molar-refractivity contribution < 1.29 is 9.72 Å². The molecule has 0 fully saturated rings. The molecule has 16 heavy (non-hydrogen) atoms. The number of thioether (sulfide) groups is 1. The van der Waals surface area contributed by atoms with E-state index >= 15 is 0 Å². The number of rotatable bonds is 4. The van der Waals surface area contributed by atoms with E-state index in [1.165, 1.54) is 19.3 Å². The summed E-state index contributed by atoms with van der Waals surface area (Å²) in [4.78, 5) is 24.9. The highest BCUT2D eigenvalue weighted by molar-refractivity contribution is 8.00. The van der Waals surface area contributed by atoms with E-state index in [-0.39, 0.29) is 27.4 Å². The van der Waals surface area contributed by atoms with Gasteiger partial charge in [0, 0.05) is 19.3 Å². The predicted molar refractivity (Wildman–Crippen MR) is 60.7 cm³/mol. The summed E-state index contributed by atoms with van der Waals surface area (Å²) in [6.45, 7) is 0. The lowest BCUT2D eigenvalue weighted by Gasteiger charge is -2.01. The normalized spacial score (nSPS) is 9.88. The van der Waals surface area contributed by atoms with Crippen LogP contribution in [0, 0.1) is 10.1 Å². The van der Waals surface area contributed by atoms with E-state index in [0.29, 0.717) is 0 Å². The van der Waals surface area contributed by atoms with Crippen LogP contribution >= 0.6 is 23.4 Å². The Morgan fingerprint density at radius 3 is 3.00 bits per heavy atom. The largest absolute Gasteiger partial charge is 0.358 e. The quantitative estimate of drug-likeness (QED) is 0.504. The van der Waals surface area contributed by atoms with Gasteiger partial charge in [-0.2, -0.15) is 0 Å². The molecule has 0 unspecified atom stereocenters. The summed E-state index contributed by atoms with van der Waals surface area (Å²) in [5.41, 5.74) is -0.193. The maximum Gasteiger partial charge on any atom is 0.302 e. The summed E-state index contributed by atoms with van der Waals surface area (Å²) in [7, 11) is 1.49. The molecule has 0 aliphatic heterocycles. The van der Waals surface area contributed by atoms with Gasteiger partial charge in [-0.05, 0) is 0 Å². The highest BCUT2D eigenvalue weighted by atomic mass is 35.5. The predicted octanol–water partition coefficient (Wildman–Crippen LogP) is 1.48. The van der Waals surface area contributed by atoms with Gasteiger partial charge in [-0.25, -0.2) is 4.98 Å². The first-order valence-electron chi connectivity index (χ1n) is 4.18. The van der Waals surface area contributed by atoms with E-state index < -0.39 is 4.92 Å². The zero-order valence-corrected chi connectivity index (χ0v) is 9.84. The molecule has 0 atom stereocenters. The first-order chi connectivity index (χ1) is 7.54. The molecule has 0 aliphatic rings. The van der Waals surface area contributed by atoms with E-state index in [4.69, 9.17) is 11.6 Å². The Morgan fingerprint density at radius 1 is 1.75 bits per heavy atom. The molecule has 8 heteroatoms. The molecule has 0 aliphatic carbocycles. The molecule has 1 aromatic rings. The van der Waals surface area contributed by atoms with Crippen molar-refractivity contribution in [2.24, 2.45) is 0 Å². The number of hydrogen-bond donors (Lipinski definition) is 1. The minimum absolute atomic E-state index is 0.0754. The van der Waals surface area contributed by atoms with Gasteiger partial charge in [-0.3, -0.25) is 14.9 Å². The Balaban J connectivity index is 2.87. The van der Waals surface area contributed by atoms with Crippen LogP contribution in [0.3, 0.4) is 0 Å². The van der Waals surface area contributed by atoms with Gasteiger partial charge in [-0.1, -0.05) is 23.4 Å². The van der Waals surface area contributed by atoms with Crippen molar-refractivity contribution in [3.05, 3.63) is 27.4 Å². The third-order valence-electron chi connectivity index (χ3n) is 1.61. The zero-order valence-electron chi connectivity index (χ0n) is 8.27. The second-order valence-corrected chi connectivity index (χ2v) is 4.10. The van der Waals surface area contributed by atoms with Gasteiger partial charge in [0.2, 0.25) is 5.91 Å². The van der Waals surface area contributed by atoms with Gasteiger partial charge in [0.05, 0.1) is 15.7 Å². The molecule has 86 valence electrons. The van der Waals surface area contributed by atoms with Gasteiger partial charge in [0.15, 0.2) is 5.03 Å². The van der Waals surface area contributed by atoms with Crippen molar-refractivity contribution in [2.75, 3.05) is 12.8 Å². The Kier molecular flexibility index (Phi) is 4.51. The van der Waals surface area contributed by atoms with Crippen molar-refractivity contribution in [1.29, 1.82) is 0 Å². The summed E-state index contributed by atoms with van der Waals surface area (Å²) in [5.74, 6) is -0.151. The average Bonchev–Trinajstić information content (AvgIpc) is 2.26. The second-order valence-electron chi connectivity index (χ2n) is 2.70. The molecule has 0 saturated carbocycles. The van der Waals surface area contributed by atoms with Crippen LogP contribution in [-0.2, 0) is 4.79 Å². The highest BCUT2D eigenvalue weighted by Gasteiger charge is 2.17. The number of nitrogens with zero attached hydrogens (tertiary/aromatic N) is 2.